The third-order valence-corrected chi connectivity index (χ3v) is 4.80. The number of rotatable bonds is 6. The van der Waals surface area contributed by atoms with Crippen LogP contribution in [-0.2, 0) is 7.05 Å². The molecule has 2 aromatic carbocycles. The number of hydrogen-bond acceptors (Lipinski definition) is 4. The Bertz CT molecular complexity index is 934. The van der Waals surface area contributed by atoms with E-state index in [0.29, 0.717) is 5.39 Å². The molecule has 3 aromatic rings. The van der Waals surface area contributed by atoms with Crippen LogP contribution in [0.5, 0.6) is 0 Å². The van der Waals surface area contributed by atoms with Crippen molar-refractivity contribution in [1.82, 2.24) is 14.7 Å². The summed E-state index contributed by atoms with van der Waals surface area (Å²) < 4.78 is 1.41. The van der Waals surface area contributed by atoms with Crippen LogP contribution < -0.4 is 10.9 Å². The van der Waals surface area contributed by atoms with E-state index in [1.54, 1.807) is 7.05 Å². The first kappa shape index (κ1) is 18.1. The van der Waals surface area contributed by atoms with E-state index >= 15 is 0 Å². The van der Waals surface area contributed by atoms with E-state index in [-0.39, 0.29) is 17.6 Å². The van der Waals surface area contributed by atoms with Crippen LogP contribution in [0.2, 0.25) is 0 Å². The summed E-state index contributed by atoms with van der Waals surface area (Å²) in [6.45, 7) is 2.17. The fraction of sp³-hybridized carbons (Fsp3) is 0.333. The van der Waals surface area contributed by atoms with E-state index in [9.17, 15) is 4.79 Å². The maximum Gasteiger partial charge on any atom is 0.274 e. The molecule has 0 radical (unpaired) electrons. The third-order valence-electron chi connectivity index (χ3n) is 4.80. The summed E-state index contributed by atoms with van der Waals surface area (Å²) in [5.41, 5.74) is 1.18. The summed E-state index contributed by atoms with van der Waals surface area (Å²) >= 11 is 0. The number of aromatic nitrogens is 2. The van der Waals surface area contributed by atoms with Gasteiger partial charge in [-0.1, -0.05) is 55.5 Å². The smallest absolute Gasteiger partial charge is 0.274 e. The van der Waals surface area contributed by atoms with Crippen molar-refractivity contribution in [3.63, 3.8) is 0 Å². The Morgan fingerprint density at radius 2 is 1.65 bits per heavy atom. The highest BCUT2D eigenvalue weighted by atomic mass is 16.1. The quantitative estimate of drug-likeness (QED) is 0.740. The molecule has 5 nitrogen and oxygen atoms in total. The van der Waals surface area contributed by atoms with Crippen molar-refractivity contribution < 1.29 is 0 Å². The van der Waals surface area contributed by atoms with Crippen LogP contribution >= 0.6 is 0 Å². The highest BCUT2D eigenvalue weighted by Crippen LogP contribution is 2.28. The van der Waals surface area contributed by atoms with E-state index in [1.807, 2.05) is 30.3 Å². The first-order valence-corrected chi connectivity index (χ1v) is 8.97. The molecule has 26 heavy (non-hydrogen) atoms. The average Bonchev–Trinajstić information content (AvgIpc) is 2.65. The van der Waals surface area contributed by atoms with Gasteiger partial charge >= 0.3 is 0 Å². The lowest BCUT2D eigenvalue weighted by Crippen LogP contribution is -2.37. The SMILES string of the molecule is CC[C@H](Nc1nn(C)c(=O)c2ccccc12)[C@H](c1ccccc1)N(C)C. The van der Waals surface area contributed by atoms with Gasteiger partial charge in [0, 0.05) is 18.5 Å². The van der Waals surface area contributed by atoms with Crippen LogP contribution in [0.4, 0.5) is 5.82 Å². The molecule has 3 rings (SSSR count). The zero-order valence-corrected chi connectivity index (χ0v) is 15.8. The summed E-state index contributed by atoms with van der Waals surface area (Å²) in [6.07, 6.45) is 0.927. The number of nitrogens with one attached hydrogen (secondary N) is 1. The summed E-state index contributed by atoms with van der Waals surface area (Å²) in [5, 5.41) is 9.65. The molecule has 1 heterocycles. The Kier molecular flexibility index (Phi) is 5.38. The molecule has 0 fully saturated rings. The van der Waals surface area contributed by atoms with Gasteiger partial charge in [-0.2, -0.15) is 5.10 Å². The Labute approximate surface area is 154 Å². The summed E-state index contributed by atoms with van der Waals surface area (Å²) in [5.74, 6) is 0.748. The lowest BCUT2D eigenvalue weighted by Gasteiger charge is -2.33. The fourth-order valence-corrected chi connectivity index (χ4v) is 3.53. The zero-order chi connectivity index (χ0) is 18.7. The van der Waals surface area contributed by atoms with Gasteiger partial charge in [0.1, 0.15) is 0 Å². The summed E-state index contributed by atoms with van der Waals surface area (Å²) in [7, 11) is 5.88. The largest absolute Gasteiger partial charge is 0.363 e. The molecule has 1 aromatic heterocycles. The molecule has 0 amide bonds. The predicted molar refractivity (Wildman–Crippen MR) is 108 cm³/mol. The number of aryl methyl sites for hydroxylation is 1. The van der Waals surface area contributed by atoms with E-state index in [2.05, 4.69) is 60.6 Å². The summed E-state index contributed by atoms with van der Waals surface area (Å²) in [4.78, 5) is 14.6. The second-order valence-corrected chi connectivity index (χ2v) is 6.80. The zero-order valence-electron chi connectivity index (χ0n) is 15.8. The number of fused-ring (bicyclic) bond motifs is 1. The molecule has 0 aliphatic carbocycles. The van der Waals surface area contributed by atoms with Crippen LogP contribution in [0.15, 0.2) is 59.4 Å². The normalized spacial score (nSPS) is 13.7. The molecule has 5 heteroatoms. The monoisotopic (exact) mass is 350 g/mol. The second kappa shape index (κ2) is 7.70. The van der Waals surface area contributed by atoms with Crippen LogP contribution in [0.25, 0.3) is 10.8 Å². The Hall–Kier alpha value is -2.66. The molecule has 0 bridgehead atoms. The van der Waals surface area contributed by atoms with Crippen molar-refractivity contribution in [2.75, 3.05) is 19.4 Å². The topological polar surface area (TPSA) is 50.2 Å². The number of anilines is 1. The minimum absolute atomic E-state index is 0.0774. The number of hydrogen-bond donors (Lipinski definition) is 1. The lowest BCUT2D eigenvalue weighted by atomic mass is 9.96. The molecule has 0 aliphatic heterocycles. The van der Waals surface area contributed by atoms with Gasteiger partial charge in [-0.25, -0.2) is 4.68 Å². The highest BCUT2D eigenvalue weighted by molar-refractivity contribution is 5.91. The van der Waals surface area contributed by atoms with Gasteiger partial charge in [-0.3, -0.25) is 4.79 Å². The van der Waals surface area contributed by atoms with E-state index in [0.717, 1.165) is 17.6 Å². The van der Waals surface area contributed by atoms with Crippen molar-refractivity contribution in [1.29, 1.82) is 0 Å². The molecule has 2 atom stereocenters. The molecular formula is C21H26N4O. The molecule has 0 saturated heterocycles. The van der Waals surface area contributed by atoms with Gasteiger partial charge in [0.25, 0.3) is 5.56 Å². The van der Waals surface area contributed by atoms with E-state index < -0.39 is 0 Å². The first-order chi connectivity index (χ1) is 12.5. The molecular weight excluding hydrogens is 324 g/mol. The molecule has 0 unspecified atom stereocenters. The highest BCUT2D eigenvalue weighted by Gasteiger charge is 2.25. The molecule has 1 N–H and O–H groups in total. The van der Waals surface area contributed by atoms with Crippen molar-refractivity contribution in [3.8, 4) is 0 Å². The standard InChI is InChI=1S/C21H26N4O/c1-5-18(19(24(2)3)15-11-7-6-8-12-15)22-20-16-13-9-10-14-17(16)21(26)25(4)23-20/h6-14,18-19H,5H2,1-4H3,(H,22,23)/t18-,19-/m0/s1. The molecule has 136 valence electrons. The number of nitrogens with zero attached hydrogens (tertiary/aromatic N) is 3. The van der Waals surface area contributed by atoms with Crippen LogP contribution in [0, 0.1) is 0 Å². The van der Waals surface area contributed by atoms with Crippen molar-refractivity contribution in [2.24, 2.45) is 7.05 Å². The average molecular weight is 350 g/mol. The van der Waals surface area contributed by atoms with Gasteiger partial charge in [0.15, 0.2) is 5.82 Å². The lowest BCUT2D eigenvalue weighted by molar-refractivity contribution is 0.263. The van der Waals surface area contributed by atoms with Gasteiger partial charge in [-0.05, 0) is 32.1 Å². The van der Waals surface area contributed by atoms with Crippen LogP contribution in [0.1, 0.15) is 24.9 Å². The van der Waals surface area contributed by atoms with Gasteiger partial charge in [-0.15, -0.1) is 0 Å². The van der Waals surface area contributed by atoms with Crippen molar-refractivity contribution in [2.45, 2.75) is 25.4 Å². The molecule has 0 aliphatic rings. The molecule has 0 spiro atoms. The number of benzene rings is 2. The maximum absolute atomic E-state index is 12.4. The number of likely N-dealkylation sites (N-methyl/N-ethyl adjacent to an activating group) is 1. The third kappa shape index (κ3) is 3.48. The van der Waals surface area contributed by atoms with E-state index in [1.165, 1.54) is 10.2 Å². The minimum atomic E-state index is -0.0774. The maximum atomic E-state index is 12.4. The van der Waals surface area contributed by atoms with E-state index in [4.69, 9.17) is 0 Å². The van der Waals surface area contributed by atoms with Gasteiger partial charge < -0.3 is 10.2 Å². The van der Waals surface area contributed by atoms with Gasteiger partial charge in [0.05, 0.1) is 11.4 Å². The van der Waals surface area contributed by atoms with Crippen LogP contribution in [-0.4, -0.2) is 34.8 Å². The Morgan fingerprint density at radius 3 is 2.27 bits per heavy atom. The minimum Gasteiger partial charge on any atom is -0.363 e. The summed E-state index contributed by atoms with van der Waals surface area (Å²) in [6, 6.07) is 18.5. The van der Waals surface area contributed by atoms with Crippen molar-refractivity contribution >= 4 is 16.6 Å². The second-order valence-electron chi connectivity index (χ2n) is 6.80. The fourth-order valence-electron chi connectivity index (χ4n) is 3.53. The van der Waals surface area contributed by atoms with Crippen LogP contribution in [0.3, 0.4) is 0 Å². The Balaban J connectivity index is 2.04. The predicted octanol–water partition coefficient (Wildman–Crippen LogP) is 3.43. The Morgan fingerprint density at radius 1 is 1.04 bits per heavy atom. The first-order valence-electron chi connectivity index (χ1n) is 8.97. The van der Waals surface area contributed by atoms with Crippen molar-refractivity contribution in [3.05, 3.63) is 70.5 Å². The van der Waals surface area contributed by atoms with Gasteiger partial charge in [0.2, 0.25) is 0 Å². The molecule has 0 saturated carbocycles.